The Bertz CT molecular complexity index is 1450. The first-order valence-corrected chi connectivity index (χ1v) is 13.7. The first-order chi connectivity index (χ1) is 19.1. The van der Waals surface area contributed by atoms with E-state index in [4.69, 9.17) is 4.74 Å². The summed E-state index contributed by atoms with van der Waals surface area (Å²) < 4.78 is 36.2. The van der Waals surface area contributed by atoms with E-state index < -0.39 is 7.54 Å². The SMILES string of the molecule is COc1cc(C)cc(-c2c(-c3ccnc(-c4ccccc4CC(C)=O)c3)cnn2CC#N)c1.CSC.FB(F)F. The average Bonchev–Trinajstić information content (AvgIpc) is 3.32. The summed E-state index contributed by atoms with van der Waals surface area (Å²) in [6.45, 7) is 3.73. The number of Topliss-reactive ketones (excluding diaryl/α,β-unsaturated/α-hetero) is 1. The number of pyridine rings is 1. The minimum atomic E-state index is -3.67. The predicted molar refractivity (Wildman–Crippen MR) is 156 cm³/mol. The molecule has 0 aliphatic rings. The fourth-order valence-electron chi connectivity index (χ4n) is 4.03. The van der Waals surface area contributed by atoms with Crippen molar-refractivity contribution < 1.29 is 22.5 Å². The summed E-state index contributed by atoms with van der Waals surface area (Å²) in [5, 5.41) is 13.8. The summed E-state index contributed by atoms with van der Waals surface area (Å²) >= 11 is 1.75. The largest absolute Gasteiger partial charge is 0.762 e. The quantitative estimate of drug-likeness (QED) is 0.222. The first-order valence-electron chi connectivity index (χ1n) is 12.1. The number of hydrogen-bond acceptors (Lipinski definition) is 6. The summed E-state index contributed by atoms with van der Waals surface area (Å²) in [7, 11) is -2.03. The molecular formula is C29H30BF3N4O2S. The Hall–Kier alpha value is -4.04. The highest BCUT2D eigenvalue weighted by Crippen LogP contribution is 2.36. The minimum absolute atomic E-state index is 0.104. The highest BCUT2D eigenvalue weighted by atomic mass is 32.2. The van der Waals surface area contributed by atoms with E-state index in [9.17, 15) is 23.0 Å². The standard InChI is InChI=1S/C27H24N4O2.C2H6S.BF3/c1-18-12-22(15-23(13-18)33-3)27-25(17-30-31(27)11-9-28)21-8-10-29-26(16-21)24-7-5-4-6-20(24)14-19(2)32;1-3-2;2-1(3)4/h4-8,10,12-13,15-17H,11,14H2,1-3H3;1-2H3;. The van der Waals surface area contributed by atoms with Gasteiger partial charge in [0.25, 0.3) is 0 Å². The fourth-order valence-corrected chi connectivity index (χ4v) is 4.03. The Morgan fingerprint density at radius 1 is 1.07 bits per heavy atom. The van der Waals surface area contributed by atoms with E-state index in [0.717, 1.165) is 50.5 Å². The van der Waals surface area contributed by atoms with Gasteiger partial charge in [-0.2, -0.15) is 22.1 Å². The second-order valence-electron chi connectivity index (χ2n) is 8.58. The third kappa shape index (κ3) is 9.31. The van der Waals surface area contributed by atoms with Gasteiger partial charge in [-0.15, -0.1) is 0 Å². The molecule has 0 unspecified atom stereocenters. The second-order valence-corrected chi connectivity index (χ2v) is 9.40. The Balaban J connectivity index is 0.000000722. The molecular weight excluding hydrogens is 536 g/mol. The number of ketones is 1. The average molecular weight is 566 g/mol. The number of nitriles is 1. The van der Waals surface area contributed by atoms with Gasteiger partial charge in [-0.3, -0.25) is 27.4 Å². The van der Waals surface area contributed by atoms with Crippen LogP contribution in [0.5, 0.6) is 5.75 Å². The lowest BCUT2D eigenvalue weighted by atomic mass is 9.96. The van der Waals surface area contributed by atoms with E-state index in [1.54, 1.807) is 42.9 Å². The molecule has 0 aliphatic carbocycles. The maximum Gasteiger partial charge on any atom is 0.762 e. The number of aryl methyl sites for hydroxylation is 1. The molecule has 40 heavy (non-hydrogen) atoms. The molecule has 4 rings (SSSR count). The van der Waals surface area contributed by atoms with Gasteiger partial charge < -0.3 is 4.74 Å². The first kappa shape index (κ1) is 32.2. The normalized spacial score (nSPS) is 9.88. The van der Waals surface area contributed by atoms with Gasteiger partial charge in [0.05, 0.1) is 30.8 Å². The van der Waals surface area contributed by atoms with Gasteiger partial charge in [-0.1, -0.05) is 24.3 Å². The van der Waals surface area contributed by atoms with Crippen LogP contribution < -0.4 is 4.74 Å². The Kier molecular flexibility index (Phi) is 13.0. The summed E-state index contributed by atoms with van der Waals surface area (Å²) in [6.07, 6.45) is 7.98. The highest BCUT2D eigenvalue weighted by Gasteiger charge is 2.17. The van der Waals surface area contributed by atoms with Crippen molar-refractivity contribution in [1.82, 2.24) is 14.8 Å². The van der Waals surface area contributed by atoms with Crippen LogP contribution >= 0.6 is 11.8 Å². The Morgan fingerprint density at radius 3 is 2.38 bits per heavy atom. The van der Waals surface area contributed by atoms with Crippen LogP contribution in [-0.4, -0.2) is 47.7 Å². The van der Waals surface area contributed by atoms with Crippen LogP contribution in [0.4, 0.5) is 12.9 Å². The molecule has 0 amide bonds. The van der Waals surface area contributed by atoms with Gasteiger partial charge in [0, 0.05) is 29.3 Å². The van der Waals surface area contributed by atoms with Crippen LogP contribution in [0.2, 0.25) is 0 Å². The molecule has 0 atom stereocenters. The van der Waals surface area contributed by atoms with Crippen LogP contribution in [0, 0.1) is 18.3 Å². The van der Waals surface area contributed by atoms with Crippen LogP contribution in [-0.2, 0) is 17.8 Å². The number of carbonyl (C=O) groups is 1. The number of benzene rings is 2. The van der Waals surface area contributed by atoms with Crippen molar-refractivity contribution in [2.45, 2.75) is 26.8 Å². The Morgan fingerprint density at radius 2 is 1.75 bits per heavy atom. The maximum atomic E-state index is 11.8. The summed E-state index contributed by atoms with van der Waals surface area (Å²) in [5.41, 5.74) is 7.29. The summed E-state index contributed by atoms with van der Waals surface area (Å²) in [4.78, 5) is 16.3. The molecule has 11 heteroatoms. The fraction of sp³-hybridized carbons (Fsp3) is 0.241. The van der Waals surface area contributed by atoms with Crippen LogP contribution in [0.25, 0.3) is 33.6 Å². The van der Waals surface area contributed by atoms with Crippen LogP contribution in [0.3, 0.4) is 0 Å². The molecule has 0 aliphatic heterocycles. The molecule has 2 aromatic carbocycles. The molecule has 2 heterocycles. The second kappa shape index (κ2) is 16.2. The zero-order valence-electron chi connectivity index (χ0n) is 23.0. The molecule has 0 saturated heterocycles. The number of nitrogens with zero attached hydrogens (tertiary/aromatic N) is 4. The van der Waals surface area contributed by atoms with E-state index in [2.05, 4.69) is 22.2 Å². The molecule has 0 radical (unpaired) electrons. The maximum absolute atomic E-state index is 11.8. The molecule has 0 bridgehead atoms. The van der Waals surface area contributed by atoms with E-state index in [0.29, 0.717) is 6.42 Å². The van der Waals surface area contributed by atoms with Gasteiger partial charge in [0.1, 0.15) is 18.1 Å². The van der Waals surface area contributed by atoms with Crippen molar-refractivity contribution in [1.29, 1.82) is 5.26 Å². The van der Waals surface area contributed by atoms with Crippen LogP contribution in [0.1, 0.15) is 18.1 Å². The third-order valence-corrected chi connectivity index (χ3v) is 5.42. The molecule has 0 spiro atoms. The predicted octanol–water partition coefficient (Wildman–Crippen LogP) is 7.11. The van der Waals surface area contributed by atoms with E-state index in [1.165, 1.54) is 0 Å². The van der Waals surface area contributed by atoms with E-state index >= 15 is 0 Å². The summed E-state index contributed by atoms with van der Waals surface area (Å²) in [5.74, 6) is 0.848. The monoisotopic (exact) mass is 566 g/mol. The molecule has 0 fully saturated rings. The van der Waals surface area contributed by atoms with Gasteiger partial charge in [-0.25, -0.2) is 0 Å². The molecule has 208 valence electrons. The number of methoxy groups -OCH3 is 1. The number of ether oxygens (including phenoxy) is 1. The number of aromatic nitrogens is 3. The Labute approximate surface area is 237 Å². The topological polar surface area (TPSA) is 80.8 Å². The molecule has 0 saturated carbocycles. The zero-order chi connectivity index (χ0) is 29.7. The zero-order valence-corrected chi connectivity index (χ0v) is 23.8. The van der Waals surface area contributed by atoms with Crippen molar-refractivity contribution in [3.63, 3.8) is 0 Å². The number of hydrogen-bond donors (Lipinski definition) is 0. The smallest absolute Gasteiger partial charge is 0.497 e. The lowest BCUT2D eigenvalue weighted by molar-refractivity contribution is -0.116. The third-order valence-electron chi connectivity index (χ3n) is 5.42. The van der Waals surface area contributed by atoms with Crippen molar-refractivity contribution in [3.05, 3.63) is 78.1 Å². The number of carbonyl (C=O) groups excluding carboxylic acids is 1. The highest BCUT2D eigenvalue weighted by molar-refractivity contribution is 7.97. The number of rotatable bonds is 7. The van der Waals surface area contributed by atoms with E-state index in [-0.39, 0.29) is 12.3 Å². The van der Waals surface area contributed by atoms with E-state index in [1.807, 2.05) is 68.0 Å². The minimum Gasteiger partial charge on any atom is -0.497 e. The molecule has 0 N–H and O–H groups in total. The van der Waals surface area contributed by atoms with Crippen molar-refractivity contribution in [3.8, 4) is 45.5 Å². The molecule has 2 aromatic heterocycles. The molecule has 6 nitrogen and oxygen atoms in total. The number of halogens is 3. The van der Waals surface area contributed by atoms with Gasteiger partial charge in [0.2, 0.25) is 0 Å². The van der Waals surface area contributed by atoms with Gasteiger partial charge >= 0.3 is 7.54 Å². The van der Waals surface area contributed by atoms with Crippen molar-refractivity contribution in [2.24, 2.45) is 0 Å². The van der Waals surface area contributed by atoms with Gasteiger partial charge in [0.15, 0.2) is 0 Å². The van der Waals surface area contributed by atoms with Crippen molar-refractivity contribution >= 4 is 25.1 Å². The lowest BCUT2D eigenvalue weighted by Gasteiger charge is -2.12. The van der Waals surface area contributed by atoms with Crippen molar-refractivity contribution in [2.75, 3.05) is 19.6 Å². The van der Waals surface area contributed by atoms with Crippen LogP contribution in [0.15, 0.2) is 67.0 Å². The van der Waals surface area contributed by atoms with Gasteiger partial charge in [-0.05, 0) is 73.4 Å². The lowest BCUT2D eigenvalue weighted by Crippen LogP contribution is -2.01. The number of thioether (sulfide) groups is 1. The summed E-state index contributed by atoms with van der Waals surface area (Å²) in [6, 6.07) is 19.9. The molecule has 4 aromatic rings.